The summed E-state index contributed by atoms with van der Waals surface area (Å²) in [5.74, 6) is 1.52. The van der Waals surface area contributed by atoms with E-state index in [2.05, 4.69) is 33.5 Å². The maximum absolute atomic E-state index is 12.6. The summed E-state index contributed by atoms with van der Waals surface area (Å²) in [7, 11) is 0. The minimum Gasteiger partial charge on any atom is -0.378 e. The molecule has 0 N–H and O–H groups in total. The summed E-state index contributed by atoms with van der Waals surface area (Å²) in [4.78, 5) is 16.7. The smallest absolute Gasteiger partial charge is 0.235 e. The number of anilines is 1. The SMILES string of the molecule is CCN(CC)C(=O)C(C)Sc1nnc(N2CCOCC2)n1CC(C)C. The van der Waals surface area contributed by atoms with E-state index in [0.29, 0.717) is 19.1 Å². The molecule has 1 saturated heterocycles. The summed E-state index contributed by atoms with van der Waals surface area (Å²) in [6.45, 7) is 15.7. The van der Waals surface area contributed by atoms with Crippen molar-refractivity contribution in [2.75, 3.05) is 44.3 Å². The predicted molar refractivity (Wildman–Crippen MR) is 101 cm³/mol. The molecule has 0 radical (unpaired) electrons. The first-order valence-corrected chi connectivity index (χ1v) is 10.1. The first-order chi connectivity index (χ1) is 12.0. The summed E-state index contributed by atoms with van der Waals surface area (Å²) in [6, 6.07) is 0. The standard InChI is InChI=1S/C17H31N5O2S/c1-6-20(7-2)15(23)14(5)25-17-19-18-16(22(17)12-13(3)4)21-8-10-24-11-9-21/h13-14H,6-12H2,1-5H3. The van der Waals surface area contributed by atoms with E-state index in [9.17, 15) is 4.79 Å². The van der Waals surface area contributed by atoms with Crippen molar-refractivity contribution < 1.29 is 9.53 Å². The molecule has 1 atom stereocenters. The van der Waals surface area contributed by atoms with Crippen LogP contribution in [0.1, 0.15) is 34.6 Å². The average Bonchev–Trinajstić information content (AvgIpc) is 2.98. The lowest BCUT2D eigenvalue weighted by Crippen LogP contribution is -2.38. The molecule has 1 amide bonds. The second-order valence-corrected chi connectivity index (χ2v) is 7.97. The van der Waals surface area contributed by atoms with E-state index in [0.717, 1.165) is 43.8 Å². The van der Waals surface area contributed by atoms with Gasteiger partial charge in [-0.25, -0.2) is 0 Å². The van der Waals surface area contributed by atoms with E-state index >= 15 is 0 Å². The molecule has 1 aliphatic heterocycles. The van der Waals surface area contributed by atoms with E-state index in [1.165, 1.54) is 11.8 Å². The fourth-order valence-corrected chi connectivity index (χ4v) is 3.83. The molecule has 25 heavy (non-hydrogen) atoms. The third kappa shape index (κ3) is 5.10. The van der Waals surface area contributed by atoms with E-state index < -0.39 is 0 Å². The molecule has 0 bridgehead atoms. The molecule has 8 heteroatoms. The van der Waals surface area contributed by atoms with Crippen molar-refractivity contribution in [3.8, 4) is 0 Å². The number of carbonyl (C=O) groups excluding carboxylic acids is 1. The molecule has 2 rings (SSSR count). The van der Waals surface area contributed by atoms with Gasteiger partial charge in [0.1, 0.15) is 0 Å². The van der Waals surface area contributed by atoms with Gasteiger partial charge in [-0.15, -0.1) is 10.2 Å². The number of hydrogen-bond donors (Lipinski definition) is 0. The Labute approximate surface area is 155 Å². The van der Waals surface area contributed by atoms with E-state index in [-0.39, 0.29) is 11.2 Å². The number of rotatable bonds is 8. The highest BCUT2D eigenvalue weighted by Gasteiger charge is 2.25. The lowest BCUT2D eigenvalue weighted by atomic mass is 10.2. The summed E-state index contributed by atoms with van der Waals surface area (Å²) in [6.07, 6.45) is 0. The minimum absolute atomic E-state index is 0.155. The molecular formula is C17H31N5O2S. The monoisotopic (exact) mass is 369 g/mol. The molecule has 1 aromatic rings. The van der Waals surface area contributed by atoms with Crippen LogP contribution < -0.4 is 4.90 Å². The first kappa shape index (κ1) is 20.0. The van der Waals surface area contributed by atoms with E-state index in [1.807, 2.05) is 25.7 Å². The highest BCUT2D eigenvalue weighted by molar-refractivity contribution is 8.00. The van der Waals surface area contributed by atoms with Gasteiger partial charge in [0.15, 0.2) is 5.16 Å². The molecular weight excluding hydrogens is 338 g/mol. The van der Waals surface area contributed by atoms with Gasteiger partial charge in [-0.1, -0.05) is 25.6 Å². The van der Waals surface area contributed by atoms with Crippen LogP contribution in [0.15, 0.2) is 5.16 Å². The largest absolute Gasteiger partial charge is 0.378 e. The van der Waals surface area contributed by atoms with Crippen LogP contribution in [0.2, 0.25) is 0 Å². The van der Waals surface area contributed by atoms with Gasteiger partial charge < -0.3 is 14.5 Å². The third-order valence-electron chi connectivity index (χ3n) is 4.24. The molecule has 0 saturated carbocycles. The molecule has 2 heterocycles. The number of aromatic nitrogens is 3. The molecule has 7 nitrogen and oxygen atoms in total. The third-order valence-corrected chi connectivity index (χ3v) is 5.31. The Bertz CT molecular complexity index is 553. The maximum atomic E-state index is 12.6. The van der Waals surface area contributed by atoms with Crippen molar-refractivity contribution in [2.24, 2.45) is 5.92 Å². The van der Waals surface area contributed by atoms with Crippen LogP contribution in [-0.2, 0) is 16.1 Å². The molecule has 0 aliphatic carbocycles. The van der Waals surface area contributed by atoms with Crippen molar-refractivity contribution in [3.05, 3.63) is 0 Å². The zero-order valence-electron chi connectivity index (χ0n) is 16.1. The lowest BCUT2D eigenvalue weighted by Gasteiger charge is -2.28. The van der Waals surface area contributed by atoms with Gasteiger partial charge in [-0.05, 0) is 26.7 Å². The van der Waals surface area contributed by atoms with Crippen LogP contribution in [0.25, 0.3) is 0 Å². The molecule has 1 aromatic heterocycles. The Morgan fingerprint density at radius 2 is 1.84 bits per heavy atom. The number of hydrogen-bond acceptors (Lipinski definition) is 6. The minimum atomic E-state index is -0.174. The molecule has 1 fully saturated rings. The van der Waals surface area contributed by atoms with E-state index in [4.69, 9.17) is 4.74 Å². The highest BCUT2D eigenvalue weighted by Crippen LogP contribution is 2.28. The van der Waals surface area contributed by atoms with Gasteiger partial charge in [0.25, 0.3) is 0 Å². The van der Waals surface area contributed by atoms with E-state index in [1.54, 1.807) is 0 Å². The quantitative estimate of drug-likeness (QED) is 0.654. The Morgan fingerprint density at radius 3 is 2.40 bits per heavy atom. The van der Waals surface area contributed by atoms with Crippen LogP contribution in [0, 0.1) is 5.92 Å². The molecule has 0 aromatic carbocycles. The zero-order valence-corrected chi connectivity index (χ0v) is 16.9. The zero-order chi connectivity index (χ0) is 18.4. The van der Waals surface area contributed by atoms with Crippen LogP contribution in [0.3, 0.4) is 0 Å². The number of nitrogens with zero attached hydrogens (tertiary/aromatic N) is 5. The van der Waals surface area contributed by atoms with Gasteiger partial charge in [-0.2, -0.15) is 0 Å². The molecule has 142 valence electrons. The molecule has 1 unspecified atom stereocenters. The molecule has 0 spiro atoms. The fourth-order valence-electron chi connectivity index (χ4n) is 2.89. The Balaban J connectivity index is 2.18. The van der Waals surface area contributed by atoms with Gasteiger partial charge in [0.05, 0.1) is 18.5 Å². The van der Waals surface area contributed by atoms with Crippen molar-refractivity contribution in [2.45, 2.75) is 51.6 Å². The van der Waals surface area contributed by atoms with Crippen LogP contribution >= 0.6 is 11.8 Å². The fraction of sp³-hybridized carbons (Fsp3) is 0.824. The first-order valence-electron chi connectivity index (χ1n) is 9.19. The molecule has 1 aliphatic rings. The van der Waals surface area contributed by atoms with Crippen LogP contribution in [0.5, 0.6) is 0 Å². The average molecular weight is 370 g/mol. The van der Waals surface area contributed by atoms with Crippen molar-refractivity contribution in [3.63, 3.8) is 0 Å². The van der Waals surface area contributed by atoms with Crippen molar-refractivity contribution in [1.29, 1.82) is 0 Å². The van der Waals surface area contributed by atoms with Crippen LogP contribution in [-0.4, -0.2) is 70.2 Å². The summed E-state index contributed by atoms with van der Waals surface area (Å²) in [5.41, 5.74) is 0. The summed E-state index contributed by atoms with van der Waals surface area (Å²) in [5, 5.41) is 9.48. The predicted octanol–water partition coefficient (Wildman–Crippen LogP) is 2.12. The maximum Gasteiger partial charge on any atom is 0.235 e. The van der Waals surface area contributed by atoms with Crippen molar-refractivity contribution in [1.82, 2.24) is 19.7 Å². The second-order valence-electron chi connectivity index (χ2n) is 6.66. The van der Waals surface area contributed by atoms with Gasteiger partial charge in [-0.3, -0.25) is 9.36 Å². The Kier molecular flexibility index (Phi) is 7.56. The number of morpholine rings is 1. The number of carbonyl (C=O) groups is 1. The van der Waals surface area contributed by atoms with Gasteiger partial charge in [0, 0.05) is 32.7 Å². The Morgan fingerprint density at radius 1 is 1.20 bits per heavy atom. The Hall–Kier alpha value is -1.28. The number of amides is 1. The van der Waals surface area contributed by atoms with Gasteiger partial charge in [0.2, 0.25) is 11.9 Å². The van der Waals surface area contributed by atoms with Gasteiger partial charge >= 0.3 is 0 Å². The van der Waals surface area contributed by atoms with Crippen LogP contribution in [0.4, 0.5) is 5.95 Å². The highest BCUT2D eigenvalue weighted by atomic mass is 32.2. The normalized spacial score (nSPS) is 16.3. The van der Waals surface area contributed by atoms with Crippen molar-refractivity contribution >= 4 is 23.6 Å². The summed E-state index contributed by atoms with van der Waals surface area (Å²) < 4.78 is 7.60. The summed E-state index contributed by atoms with van der Waals surface area (Å²) >= 11 is 1.50. The lowest BCUT2D eigenvalue weighted by molar-refractivity contribution is -0.129. The second kappa shape index (κ2) is 9.43. The topological polar surface area (TPSA) is 63.5 Å². The number of ether oxygens (including phenoxy) is 1. The number of thioether (sulfide) groups is 1.